The summed E-state index contributed by atoms with van der Waals surface area (Å²) in [6, 6.07) is 6.00. The molecule has 1 aliphatic rings. The van der Waals surface area contributed by atoms with Gasteiger partial charge in [0.1, 0.15) is 5.52 Å². The zero-order valence-electron chi connectivity index (χ0n) is 10.2. The van der Waals surface area contributed by atoms with E-state index in [-0.39, 0.29) is 5.91 Å². The molecule has 18 heavy (non-hydrogen) atoms. The molecule has 2 N–H and O–H groups in total. The molecule has 0 saturated heterocycles. The van der Waals surface area contributed by atoms with Crippen LogP contribution in [-0.2, 0) is 4.79 Å². The van der Waals surface area contributed by atoms with E-state index in [1.165, 1.54) is 12.8 Å². The summed E-state index contributed by atoms with van der Waals surface area (Å²) in [6.45, 7) is 2.17. The van der Waals surface area contributed by atoms with E-state index in [1.54, 1.807) is 6.92 Å². The Hall–Kier alpha value is -1.88. The Balaban J connectivity index is 1.67. The van der Waals surface area contributed by atoms with Gasteiger partial charge in [-0.25, -0.2) is 4.98 Å². The number of oxazole rings is 1. The Kier molecular flexibility index (Phi) is 2.76. The number of anilines is 1. The van der Waals surface area contributed by atoms with Gasteiger partial charge in [-0.2, -0.15) is 0 Å². The number of aryl methyl sites for hydroxylation is 1. The first-order valence-corrected chi connectivity index (χ1v) is 6.11. The first kappa shape index (κ1) is 11.2. The van der Waals surface area contributed by atoms with E-state index in [1.807, 2.05) is 18.2 Å². The number of rotatable bonds is 4. The monoisotopic (exact) mass is 245 g/mol. The molecule has 1 aromatic carbocycles. The molecule has 1 heterocycles. The summed E-state index contributed by atoms with van der Waals surface area (Å²) in [5.74, 6) is 0.602. The van der Waals surface area contributed by atoms with E-state index in [2.05, 4.69) is 15.6 Å². The average Bonchev–Trinajstić information content (AvgIpc) is 3.08. The molecule has 0 spiro atoms. The van der Waals surface area contributed by atoms with Crippen molar-refractivity contribution < 1.29 is 9.21 Å². The number of benzene rings is 1. The number of amides is 1. The van der Waals surface area contributed by atoms with Crippen molar-refractivity contribution in [2.75, 3.05) is 11.9 Å². The molecule has 3 rings (SSSR count). The second-order valence-corrected chi connectivity index (χ2v) is 4.62. The maximum atomic E-state index is 11.7. The van der Waals surface area contributed by atoms with Gasteiger partial charge in [-0.1, -0.05) is 0 Å². The number of nitrogens with one attached hydrogen (secondary N) is 2. The van der Waals surface area contributed by atoms with Crippen LogP contribution in [0.4, 0.5) is 5.69 Å². The summed E-state index contributed by atoms with van der Waals surface area (Å²) in [5.41, 5.74) is 2.25. The molecular weight excluding hydrogens is 230 g/mol. The predicted molar refractivity (Wildman–Crippen MR) is 68.4 cm³/mol. The highest BCUT2D eigenvalue weighted by Gasteiger charge is 2.21. The SMILES string of the molecule is Cc1nc2cc(NC(=O)CNC3CC3)ccc2o1. The van der Waals surface area contributed by atoms with E-state index in [4.69, 9.17) is 4.42 Å². The third-order valence-electron chi connectivity index (χ3n) is 2.91. The summed E-state index contributed by atoms with van der Waals surface area (Å²) in [4.78, 5) is 15.9. The highest BCUT2D eigenvalue weighted by molar-refractivity contribution is 5.94. The van der Waals surface area contributed by atoms with Gasteiger partial charge in [-0.15, -0.1) is 0 Å². The fraction of sp³-hybridized carbons (Fsp3) is 0.385. The molecule has 1 aromatic heterocycles. The van der Waals surface area contributed by atoms with Crippen molar-refractivity contribution in [1.29, 1.82) is 0 Å². The third kappa shape index (κ3) is 2.51. The van der Waals surface area contributed by atoms with E-state index in [9.17, 15) is 4.79 Å². The van der Waals surface area contributed by atoms with E-state index < -0.39 is 0 Å². The first-order chi connectivity index (χ1) is 8.70. The predicted octanol–water partition coefficient (Wildman–Crippen LogP) is 1.83. The van der Waals surface area contributed by atoms with Crippen molar-refractivity contribution in [3.05, 3.63) is 24.1 Å². The standard InChI is InChI=1S/C13H15N3O2/c1-8-15-11-6-10(4-5-12(11)18-8)16-13(17)7-14-9-2-3-9/h4-6,9,14H,2-3,7H2,1H3,(H,16,17). The highest BCUT2D eigenvalue weighted by atomic mass is 16.3. The van der Waals surface area contributed by atoms with Crippen molar-refractivity contribution in [1.82, 2.24) is 10.3 Å². The van der Waals surface area contributed by atoms with Crippen molar-refractivity contribution in [2.24, 2.45) is 0 Å². The van der Waals surface area contributed by atoms with Gasteiger partial charge in [0.05, 0.1) is 6.54 Å². The van der Waals surface area contributed by atoms with E-state index in [0.717, 1.165) is 16.8 Å². The number of carbonyl (C=O) groups is 1. The minimum Gasteiger partial charge on any atom is -0.441 e. The lowest BCUT2D eigenvalue weighted by Gasteiger charge is -2.05. The number of hydrogen-bond acceptors (Lipinski definition) is 4. The second kappa shape index (κ2) is 4.42. The van der Waals surface area contributed by atoms with Gasteiger partial charge in [-0.05, 0) is 31.0 Å². The Morgan fingerprint density at radius 2 is 2.33 bits per heavy atom. The molecule has 0 radical (unpaired) electrons. The smallest absolute Gasteiger partial charge is 0.238 e. The Bertz CT molecular complexity index is 587. The summed E-state index contributed by atoms with van der Waals surface area (Å²) in [5, 5.41) is 6.02. The molecule has 1 fully saturated rings. The van der Waals surface area contributed by atoms with Gasteiger partial charge < -0.3 is 15.1 Å². The fourth-order valence-corrected chi connectivity index (χ4v) is 1.85. The first-order valence-electron chi connectivity index (χ1n) is 6.11. The molecule has 0 aliphatic heterocycles. The lowest BCUT2D eigenvalue weighted by Crippen LogP contribution is -2.29. The number of carbonyl (C=O) groups excluding carboxylic acids is 1. The highest BCUT2D eigenvalue weighted by Crippen LogP contribution is 2.20. The van der Waals surface area contributed by atoms with Gasteiger partial charge in [-0.3, -0.25) is 4.79 Å². The lowest BCUT2D eigenvalue weighted by molar-refractivity contribution is -0.115. The normalized spacial score (nSPS) is 14.9. The summed E-state index contributed by atoms with van der Waals surface area (Å²) in [6.07, 6.45) is 2.36. The number of hydrogen-bond donors (Lipinski definition) is 2. The quantitative estimate of drug-likeness (QED) is 0.862. The number of fused-ring (bicyclic) bond motifs is 1. The van der Waals surface area contributed by atoms with E-state index >= 15 is 0 Å². The van der Waals surface area contributed by atoms with Gasteiger partial charge >= 0.3 is 0 Å². The van der Waals surface area contributed by atoms with Gasteiger partial charge in [0.2, 0.25) is 5.91 Å². The van der Waals surface area contributed by atoms with Gasteiger partial charge in [0, 0.05) is 18.7 Å². The molecule has 1 saturated carbocycles. The van der Waals surface area contributed by atoms with Crippen LogP contribution in [0.25, 0.3) is 11.1 Å². The second-order valence-electron chi connectivity index (χ2n) is 4.62. The Labute approximate surface area is 105 Å². The van der Waals surface area contributed by atoms with Crippen LogP contribution in [0.1, 0.15) is 18.7 Å². The molecule has 1 aliphatic carbocycles. The van der Waals surface area contributed by atoms with Gasteiger partial charge in [0.15, 0.2) is 11.5 Å². The van der Waals surface area contributed by atoms with Crippen LogP contribution in [0.5, 0.6) is 0 Å². The molecule has 1 amide bonds. The zero-order chi connectivity index (χ0) is 12.5. The van der Waals surface area contributed by atoms with Crippen molar-refractivity contribution in [2.45, 2.75) is 25.8 Å². The van der Waals surface area contributed by atoms with Crippen molar-refractivity contribution in [3.63, 3.8) is 0 Å². The third-order valence-corrected chi connectivity index (χ3v) is 2.91. The largest absolute Gasteiger partial charge is 0.441 e. The van der Waals surface area contributed by atoms with E-state index in [0.29, 0.717) is 18.5 Å². The zero-order valence-corrected chi connectivity index (χ0v) is 10.2. The average molecular weight is 245 g/mol. The topological polar surface area (TPSA) is 67.2 Å². The molecule has 94 valence electrons. The Morgan fingerprint density at radius 1 is 1.50 bits per heavy atom. The molecule has 0 bridgehead atoms. The van der Waals surface area contributed by atoms with Crippen LogP contribution < -0.4 is 10.6 Å². The van der Waals surface area contributed by atoms with Gasteiger partial charge in [0.25, 0.3) is 0 Å². The van der Waals surface area contributed by atoms with Crippen LogP contribution in [-0.4, -0.2) is 23.5 Å². The van der Waals surface area contributed by atoms with Crippen LogP contribution in [0.3, 0.4) is 0 Å². The molecule has 0 unspecified atom stereocenters. The minimum absolute atomic E-state index is 0.0264. The van der Waals surface area contributed by atoms with Crippen LogP contribution in [0.2, 0.25) is 0 Å². The summed E-state index contributed by atoms with van der Waals surface area (Å²) >= 11 is 0. The minimum atomic E-state index is -0.0264. The lowest BCUT2D eigenvalue weighted by atomic mass is 10.3. The van der Waals surface area contributed by atoms with Crippen LogP contribution >= 0.6 is 0 Å². The molecular formula is C13H15N3O2. The fourth-order valence-electron chi connectivity index (χ4n) is 1.85. The number of aromatic nitrogens is 1. The summed E-state index contributed by atoms with van der Waals surface area (Å²) < 4.78 is 5.38. The maximum Gasteiger partial charge on any atom is 0.238 e. The summed E-state index contributed by atoms with van der Waals surface area (Å²) in [7, 11) is 0. The molecule has 2 aromatic rings. The van der Waals surface area contributed by atoms with Crippen LogP contribution in [0, 0.1) is 6.92 Å². The molecule has 5 nitrogen and oxygen atoms in total. The van der Waals surface area contributed by atoms with Crippen LogP contribution in [0.15, 0.2) is 22.6 Å². The molecule has 5 heteroatoms. The maximum absolute atomic E-state index is 11.7. The Morgan fingerprint density at radius 3 is 3.11 bits per heavy atom. The molecule has 0 atom stereocenters. The number of nitrogens with zero attached hydrogens (tertiary/aromatic N) is 1. The van der Waals surface area contributed by atoms with Crippen molar-refractivity contribution >= 4 is 22.7 Å². The van der Waals surface area contributed by atoms with Crippen molar-refractivity contribution in [3.8, 4) is 0 Å².